The van der Waals surface area contributed by atoms with Crippen molar-refractivity contribution in [3.8, 4) is 0 Å². The Morgan fingerprint density at radius 1 is 1.42 bits per heavy atom. The molecule has 0 bridgehead atoms. The van der Waals surface area contributed by atoms with E-state index in [1.54, 1.807) is 6.92 Å². The molecule has 0 aliphatic carbocycles. The van der Waals surface area contributed by atoms with Crippen LogP contribution in [0.25, 0.3) is 0 Å². The zero-order chi connectivity index (χ0) is 9.78. The molecule has 12 heavy (non-hydrogen) atoms. The van der Waals surface area contributed by atoms with Crippen molar-refractivity contribution in [3.63, 3.8) is 0 Å². The summed E-state index contributed by atoms with van der Waals surface area (Å²) in [7, 11) is 0. The zero-order valence-corrected chi connectivity index (χ0v) is 6.91. The lowest BCUT2D eigenvalue weighted by molar-refractivity contribution is -0.0882. The van der Waals surface area contributed by atoms with Crippen molar-refractivity contribution in [1.82, 2.24) is 0 Å². The Balaban J connectivity index is 4.67. The van der Waals surface area contributed by atoms with Gasteiger partial charge in [-0.2, -0.15) is 13.2 Å². The fourth-order valence-corrected chi connectivity index (χ4v) is 0.578. The number of rotatable bonds is 3. The monoisotopic (exact) mass is 176 g/mol. The topological polar surface area (TPSA) is 0 Å². The van der Waals surface area contributed by atoms with E-state index in [9.17, 15) is 13.2 Å². The van der Waals surface area contributed by atoms with E-state index in [-0.39, 0.29) is 0 Å². The summed E-state index contributed by atoms with van der Waals surface area (Å²) in [5.41, 5.74) is -0.295. The molecule has 0 heterocycles. The average molecular weight is 176 g/mol. The van der Waals surface area contributed by atoms with E-state index >= 15 is 0 Å². The molecular weight excluding hydrogens is 165 g/mol. The maximum absolute atomic E-state index is 12.0. The second-order valence-electron chi connectivity index (χ2n) is 2.31. The molecule has 0 aliphatic rings. The fourth-order valence-electron chi connectivity index (χ4n) is 0.578. The van der Waals surface area contributed by atoms with Gasteiger partial charge in [0.1, 0.15) is 0 Å². The summed E-state index contributed by atoms with van der Waals surface area (Å²) in [4.78, 5) is 0. The number of alkyl halides is 3. The summed E-state index contributed by atoms with van der Waals surface area (Å²) in [6.45, 7) is 8.28. The van der Waals surface area contributed by atoms with Gasteiger partial charge < -0.3 is 0 Å². The summed E-state index contributed by atoms with van der Waals surface area (Å²) >= 11 is 0. The van der Waals surface area contributed by atoms with Gasteiger partial charge in [0.25, 0.3) is 0 Å². The maximum atomic E-state index is 12.0. The van der Waals surface area contributed by atoms with Crippen LogP contribution in [-0.2, 0) is 0 Å². The molecule has 0 aromatic heterocycles. The molecule has 0 aromatic rings. The summed E-state index contributed by atoms with van der Waals surface area (Å²) in [6.07, 6.45) is -2.01. The molecule has 3 heteroatoms. The normalized spacial score (nSPS) is 12.8. The summed E-state index contributed by atoms with van der Waals surface area (Å²) < 4.78 is 36.1. The van der Waals surface area contributed by atoms with E-state index in [1.807, 2.05) is 0 Å². The first-order valence-corrected chi connectivity index (χ1v) is 3.51. The Kier molecular flexibility index (Phi) is 3.80. The third-order valence-electron chi connectivity index (χ3n) is 1.36. The highest BCUT2D eigenvalue weighted by molar-refractivity contribution is 5.30. The van der Waals surface area contributed by atoms with Crippen LogP contribution >= 0.6 is 0 Å². The molecule has 0 aromatic carbocycles. The largest absolute Gasteiger partial charge is 0.416 e. The van der Waals surface area contributed by atoms with Crippen molar-refractivity contribution >= 4 is 0 Å². The minimum atomic E-state index is -4.32. The van der Waals surface area contributed by atoms with Gasteiger partial charge in [-0.1, -0.05) is 31.7 Å². The molecule has 0 nitrogen and oxygen atoms in total. The van der Waals surface area contributed by atoms with Crippen LogP contribution in [0.5, 0.6) is 0 Å². The maximum Gasteiger partial charge on any atom is 0.416 e. The lowest BCUT2D eigenvalue weighted by Crippen LogP contribution is -2.09. The molecule has 0 amide bonds. The highest BCUT2D eigenvalue weighted by Crippen LogP contribution is 2.27. The standard InChI is InChI=1S/C9H11F3/c1-4-7(3)6-8(5-2)9(10,11)12/h5-6H,2-4H2,1H3/b8-6+. The molecule has 0 N–H and O–H groups in total. The molecule has 68 valence electrons. The molecule has 0 rings (SSSR count). The van der Waals surface area contributed by atoms with Gasteiger partial charge in [-0.15, -0.1) is 0 Å². The second-order valence-corrected chi connectivity index (χ2v) is 2.31. The molecule has 0 saturated heterocycles. The highest BCUT2D eigenvalue weighted by Gasteiger charge is 2.31. The Labute approximate surface area is 70.1 Å². The quantitative estimate of drug-likeness (QED) is 0.576. The van der Waals surface area contributed by atoms with Crippen LogP contribution in [0.15, 0.2) is 36.5 Å². The van der Waals surface area contributed by atoms with Gasteiger partial charge in [-0.05, 0) is 12.5 Å². The molecule has 0 radical (unpaired) electrons. The molecule has 0 fully saturated rings. The second kappa shape index (κ2) is 4.14. The summed E-state index contributed by atoms with van der Waals surface area (Å²) in [6, 6.07) is 0. The van der Waals surface area contributed by atoms with Gasteiger partial charge in [-0.25, -0.2) is 0 Å². The first-order valence-electron chi connectivity index (χ1n) is 3.51. The van der Waals surface area contributed by atoms with Gasteiger partial charge in [0, 0.05) is 0 Å². The summed E-state index contributed by atoms with van der Waals surface area (Å²) in [5.74, 6) is 0. The van der Waals surface area contributed by atoms with Gasteiger partial charge in [0.2, 0.25) is 0 Å². The first-order chi connectivity index (χ1) is 5.41. The number of allylic oxidation sites excluding steroid dienone is 4. The van der Waals surface area contributed by atoms with E-state index in [0.29, 0.717) is 12.0 Å². The van der Waals surface area contributed by atoms with Crippen molar-refractivity contribution in [2.24, 2.45) is 0 Å². The molecule has 0 aliphatic heterocycles. The average Bonchev–Trinajstić information content (AvgIpc) is 1.97. The smallest absolute Gasteiger partial charge is 0.166 e. The Morgan fingerprint density at radius 2 is 1.92 bits per heavy atom. The van der Waals surface area contributed by atoms with Crippen molar-refractivity contribution in [1.29, 1.82) is 0 Å². The van der Waals surface area contributed by atoms with E-state index in [0.717, 1.165) is 12.2 Å². The van der Waals surface area contributed by atoms with Gasteiger partial charge in [0.15, 0.2) is 0 Å². The predicted octanol–water partition coefficient (Wildman–Crippen LogP) is 3.63. The molecule has 0 atom stereocenters. The number of hydrogen-bond donors (Lipinski definition) is 0. The minimum Gasteiger partial charge on any atom is -0.166 e. The van der Waals surface area contributed by atoms with Crippen molar-refractivity contribution in [2.75, 3.05) is 0 Å². The number of hydrogen-bond acceptors (Lipinski definition) is 0. The van der Waals surface area contributed by atoms with Crippen LogP contribution in [0.1, 0.15) is 13.3 Å². The van der Waals surface area contributed by atoms with E-state index in [2.05, 4.69) is 13.2 Å². The van der Waals surface area contributed by atoms with E-state index in [4.69, 9.17) is 0 Å². The molecule has 0 saturated carbocycles. The van der Waals surface area contributed by atoms with Crippen molar-refractivity contribution < 1.29 is 13.2 Å². The van der Waals surface area contributed by atoms with Crippen molar-refractivity contribution in [2.45, 2.75) is 19.5 Å². The Morgan fingerprint density at radius 3 is 2.17 bits per heavy atom. The lowest BCUT2D eigenvalue weighted by Gasteiger charge is -2.07. The van der Waals surface area contributed by atoms with Crippen LogP contribution in [0, 0.1) is 0 Å². The third kappa shape index (κ3) is 3.42. The van der Waals surface area contributed by atoms with Gasteiger partial charge >= 0.3 is 6.18 Å². The van der Waals surface area contributed by atoms with Crippen molar-refractivity contribution in [3.05, 3.63) is 36.5 Å². The first kappa shape index (κ1) is 11.0. The van der Waals surface area contributed by atoms with Crippen LogP contribution < -0.4 is 0 Å². The SMILES string of the molecule is C=C/C(=C\C(=C)CC)C(F)(F)F. The van der Waals surface area contributed by atoms with Gasteiger partial charge in [0.05, 0.1) is 5.57 Å². The molecule has 0 unspecified atom stereocenters. The predicted molar refractivity (Wildman–Crippen MR) is 43.8 cm³/mol. The van der Waals surface area contributed by atoms with Crippen LogP contribution in [0.3, 0.4) is 0 Å². The van der Waals surface area contributed by atoms with Crippen LogP contribution in [0.4, 0.5) is 13.2 Å². The number of halogens is 3. The van der Waals surface area contributed by atoms with E-state index < -0.39 is 11.7 Å². The van der Waals surface area contributed by atoms with Crippen LogP contribution in [-0.4, -0.2) is 6.18 Å². The van der Waals surface area contributed by atoms with E-state index in [1.165, 1.54) is 0 Å². The highest BCUT2D eigenvalue weighted by atomic mass is 19.4. The Bertz CT molecular complexity index is 208. The summed E-state index contributed by atoms with van der Waals surface area (Å²) in [5, 5.41) is 0. The molecule has 0 spiro atoms. The zero-order valence-electron chi connectivity index (χ0n) is 6.91. The third-order valence-corrected chi connectivity index (χ3v) is 1.36. The molecular formula is C9H11F3. The lowest BCUT2D eigenvalue weighted by atomic mass is 10.1. The minimum absolute atomic E-state index is 0.447. The van der Waals surface area contributed by atoms with Crippen LogP contribution in [0.2, 0.25) is 0 Å². The van der Waals surface area contributed by atoms with Gasteiger partial charge in [-0.3, -0.25) is 0 Å². The Hall–Kier alpha value is -0.990. The fraction of sp³-hybridized carbons (Fsp3) is 0.333.